The van der Waals surface area contributed by atoms with Gasteiger partial charge in [-0.2, -0.15) is 0 Å². The fourth-order valence-corrected chi connectivity index (χ4v) is 2.88. The molecular formula is C15H11ClFNO3S. The summed E-state index contributed by atoms with van der Waals surface area (Å²) in [4.78, 5) is 10.7. The van der Waals surface area contributed by atoms with Crippen LogP contribution in [-0.4, -0.2) is 13.7 Å². The van der Waals surface area contributed by atoms with E-state index in [0.717, 1.165) is 12.1 Å². The molecule has 0 fully saturated rings. The fourth-order valence-electron chi connectivity index (χ4n) is 1.71. The Labute approximate surface area is 132 Å². The Balaban J connectivity index is 2.29. The van der Waals surface area contributed by atoms with Crippen molar-refractivity contribution >= 4 is 38.6 Å². The van der Waals surface area contributed by atoms with Crippen LogP contribution in [0.1, 0.15) is 5.56 Å². The molecule has 2 aromatic rings. The van der Waals surface area contributed by atoms with Crippen LogP contribution in [0.15, 0.2) is 59.5 Å². The second kappa shape index (κ2) is 6.72. The number of anilines is 1. The topological polar surface area (TPSA) is 63.2 Å². The van der Waals surface area contributed by atoms with Gasteiger partial charge in [0.05, 0.1) is 10.6 Å². The number of halogens is 2. The number of hydrogen-bond acceptors (Lipinski definition) is 3. The minimum Gasteiger partial charge on any atom is -0.280 e. The molecule has 0 heterocycles. The van der Waals surface area contributed by atoms with Gasteiger partial charge in [0.2, 0.25) is 5.24 Å². The van der Waals surface area contributed by atoms with Gasteiger partial charge >= 0.3 is 0 Å². The number of carbonyl (C=O) groups is 1. The Hall–Kier alpha value is -2.18. The molecule has 0 unspecified atom stereocenters. The minimum atomic E-state index is -3.86. The summed E-state index contributed by atoms with van der Waals surface area (Å²) in [5, 5.41) is -0.661. The lowest BCUT2D eigenvalue weighted by Gasteiger charge is -2.08. The Morgan fingerprint density at radius 2 is 1.86 bits per heavy atom. The van der Waals surface area contributed by atoms with Crippen LogP contribution in [0.4, 0.5) is 10.1 Å². The zero-order valence-corrected chi connectivity index (χ0v) is 12.7. The molecule has 114 valence electrons. The molecule has 0 atom stereocenters. The maximum Gasteiger partial charge on any atom is 0.261 e. The van der Waals surface area contributed by atoms with Gasteiger partial charge in [0.15, 0.2) is 0 Å². The van der Waals surface area contributed by atoms with Crippen LogP contribution in [0.2, 0.25) is 0 Å². The molecule has 0 amide bonds. The first-order valence-corrected chi connectivity index (χ1v) is 7.99. The number of allylic oxidation sites excluding steroid dienone is 1. The van der Waals surface area contributed by atoms with E-state index < -0.39 is 21.1 Å². The molecule has 0 saturated heterocycles. The summed E-state index contributed by atoms with van der Waals surface area (Å²) in [5.74, 6) is -0.544. The molecular weight excluding hydrogens is 329 g/mol. The molecule has 2 aromatic carbocycles. The average Bonchev–Trinajstić information content (AvgIpc) is 2.45. The minimum absolute atomic E-state index is 0.0130. The van der Waals surface area contributed by atoms with E-state index in [9.17, 15) is 17.6 Å². The van der Waals surface area contributed by atoms with E-state index in [0.29, 0.717) is 5.56 Å². The number of carbonyl (C=O) groups excluding carboxylic acids is 1. The highest BCUT2D eigenvalue weighted by atomic mass is 35.5. The van der Waals surface area contributed by atoms with E-state index >= 15 is 0 Å². The smallest absolute Gasteiger partial charge is 0.261 e. The first-order valence-electron chi connectivity index (χ1n) is 6.13. The summed E-state index contributed by atoms with van der Waals surface area (Å²) in [5.41, 5.74) is 0.619. The van der Waals surface area contributed by atoms with Crippen molar-refractivity contribution in [1.82, 2.24) is 0 Å². The van der Waals surface area contributed by atoms with Gasteiger partial charge < -0.3 is 0 Å². The third-order valence-electron chi connectivity index (χ3n) is 2.65. The standard InChI is InChI=1S/C15H11ClFNO3S/c16-15(19)8-7-11-3-1-6-14(9-11)22(20,21)18-13-5-2-4-12(17)10-13/h1-10,18H/b8-7+. The predicted molar refractivity (Wildman–Crippen MR) is 83.5 cm³/mol. The van der Waals surface area contributed by atoms with Gasteiger partial charge in [-0.3, -0.25) is 9.52 Å². The molecule has 4 nitrogen and oxygen atoms in total. The van der Waals surface area contributed by atoms with Crippen molar-refractivity contribution in [3.8, 4) is 0 Å². The molecule has 22 heavy (non-hydrogen) atoms. The zero-order chi connectivity index (χ0) is 16.2. The fraction of sp³-hybridized carbons (Fsp3) is 0. The first-order chi connectivity index (χ1) is 10.4. The van der Waals surface area contributed by atoms with Crippen molar-refractivity contribution in [2.75, 3.05) is 4.72 Å². The van der Waals surface area contributed by atoms with Crippen LogP contribution in [-0.2, 0) is 14.8 Å². The highest BCUT2D eigenvalue weighted by Gasteiger charge is 2.14. The maximum absolute atomic E-state index is 13.1. The molecule has 0 aliphatic heterocycles. The summed E-state index contributed by atoms with van der Waals surface area (Å²) >= 11 is 5.19. The number of rotatable bonds is 5. The average molecular weight is 340 g/mol. The van der Waals surface area contributed by atoms with Gasteiger partial charge in [0.1, 0.15) is 5.82 Å². The second-order valence-corrected chi connectivity index (χ2v) is 6.38. The first kappa shape index (κ1) is 16.2. The summed E-state index contributed by atoms with van der Waals surface area (Å²) in [6, 6.07) is 11.0. The molecule has 2 rings (SSSR count). The van der Waals surface area contributed by atoms with Gasteiger partial charge in [-0.05, 0) is 53.6 Å². The van der Waals surface area contributed by atoms with E-state index in [4.69, 9.17) is 11.6 Å². The summed E-state index contributed by atoms with van der Waals surface area (Å²) in [7, 11) is -3.86. The van der Waals surface area contributed by atoms with Crippen LogP contribution >= 0.6 is 11.6 Å². The van der Waals surface area contributed by atoms with Crippen molar-refractivity contribution in [1.29, 1.82) is 0 Å². The van der Waals surface area contributed by atoms with Crippen LogP contribution in [0, 0.1) is 5.82 Å². The lowest BCUT2D eigenvalue weighted by Crippen LogP contribution is -2.13. The molecule has 0 radical (unpaired) electrons. The van der Waals surface area contributed by atoms with Gasteiger partial charge in [0.25, 0.3) is 10.0 Å². The number of benzene rings is 2. The van der Waals surface area contributed by atoms with Crippen molar-refractivity contribution in [2.24, 2.45) is 0 Å². The Morgan fingerprint density at radius 3 is 2.55 bits per heavy atom. The molecule has 7 heteroatoms. The summed E-state index contributed by atoms with van der Waals surface area (Å²) < 4.78 is 39.9. The normalized spacial score (nSPS) is 11.5. The Morgan fingerprint density at radius 1 is 1.14 bits per heavy atom. The summed E-state index contributed by atoms with van der Waals surface area (Å²) in [6.45, 7) is 0. The van der Waals surface area contributed by atoms with Crippen LogP contribution < -0.4 is 4.72 Å². The van der Waals surface area contributed by atoms with Gasteiger partial charge in [-0.15, -0.1) is 0 Å². The van der Waals surface area contributed by atoms with Crippen LogP contribution in [0.5, 0.6) is 0 Å². The monoisotopic (exact) mass is 339 g/mol. The highest BCUT2D eigenvalue weighted by Crippen LogP contribution is 2.18. The van der Waals surface area contributed by atoms with Crippen LogP contribution in [0.25, 0.3) is 6.08 Å². The lowest BCUT2D eigenvalue weighted by molar-refractivity contribution is -0.107. The lowest BCUT2D eigenvalue weighted by atomic mass is 10.2. The highest BCUT2D eigenvalue weighted by molar-refractivity contribution is 7.92. The summed E-state index contributed by atoms with van der Waals surface area (Å²) in [6.07, 6.45) is 2.52. The molecule has 0 saturated carbocycles. The molecule has 1 N–H and O–H groups in total. The Bertz CT molecular complexity index is 834. The number of hydrogen-bond donors (Lipinski definition) is 1. The van der Waals surface area contributed by atoms with E-state index in [1.807, 2.05) is 0 Å². The number of sulfonamides is 1. The molecule has 0 spiro atoms. The van der Waals surface area contributed by atoms with Crippen molar-refractivity contribution in [2.45, 2.75) is 4.90 Å². The van der Waals surface area contributed by atoms with E-state index in [1.165, 1.54) is 42.5 Å². The SMILES string of the molecule is O=C(Cl)/C=C/c1cccc(S(=O)(=O)Nc2cccc(F)c2)c1. The molecule has 0 bridgehead atoms. The van der Waals surface area contributed by atoms with Crippen molar-refractivity contribution in [3.63, 3.8) is 0 Å². The van der Waals surface area contributed by atoms with E-state index in [-0.39, 0.29) is 10.6 Å². The molecule has 0 aromatic heterocycles. The van der Waals surface area contributed by atoms with E-state index in [2.05, 4.69) is 4.72 Å². The van der Waals surface area contributed by atoms with Crippen molar-refractivity contribution < 1.29 is 17.6 Å². The predicted octanol–water partition coefficient (Wildman–Crippen LogP) is 3.41. The van der Waals surface area contributed by atoms with Crippen molar-refractivity contribution in [3.05, 3.63) is 66.0 Å². The van der Waals surface area contributed by atoms with E-state index in [1.54, 1.807) is 6.07 Å². The zero-order valence-electron chi connectivity index (χ0n) is 11.2. The second-order valence-electron chi connectivity index (χ2n) is 4.33. The molecule has 0 aliphatic carbocycles. The largest absolute Gasteiger partial charge is 0.280 e. The van der Waals surface area contributed by atoms with Crippen LogP contribution in [0.3, 0.4) is 0 Å². The Kier molecular flexibility index (Phi) is 4.95. The third-order valence-corrected chi connectivity index (χ3v) is 4.16. The quantitative estimate of drug-likeness (QED) is 0.670. The van der Waals surface area contributed by atoms with Gasteiger partial charge in [-0.1, -0.05) is 24.3 Å². The number of nitrogens with one attached hydrogen (secondary N) is 1. The maximum atomic E-state index is 13.1. The van der Waals surface area contributed by atoms with Gasteiger partial charge in [0, 0.05) is 0 Å². The third kappa shape index (κ3) is 4.41. The molecule has 0 aliphatic rings. The van der Waals surface area contributed by atoms with Gasteiger partial charge in [-0.25, -0.2) is 12.8 Å².